The summed E-state index contributed by atoms with van der Waals surface area (Å²) in [5.74, 6) is 2.80. The van der Waals surface area contributed by atoms with Crippen molar-refractivity contribution in [3.63, 3.8) is 0 Å². The molecule has 0 amide bonds. The lowest BCUT2D eigenvalue weighted by Gasteiger charge is -2.36. The fourth-order valence-corrected chi connectivity index (χ4v) is 3.97. The molecule has 1 aliphatic heterocycles. The average molecular weight is 293 g/mol. The second kappa shape index (κ2) is 7.94. The molecule has 0 saturated carbocycles. The Morgan fingerprint density at radius 3 is 2.70 bits per heavy atom. The van der Waals surface area contributed by atoms with Crippen LogP contribution in [0, 0.1) is 5.92 Å². The van der Waals surface area contributed by atoms with E-state index < -0.39 is 0 Å². The first-order chi connectivity index (χ1) is 9.80. The molecule has 2 unspecified atom stereocenters. The van der Waals surface area contributed by atoms with Crippen LogP contribution in [-0.2, 0) is 0 Å². The Balaban J connectivity index is 2.10. The Hall–Kier alpha value is -0.670. The first-order valence-corrected chi connectivity index (χ1v) is 8.90. The number of nitrogens with one attached hydrogen (secondary N) is 1. The van der Waals surface area contributed by atoms with E-state index in [1.807, 2.05) is 11.8 Å². The second-order valence-corrected chi connectivity index (χ2v) is 6.53. The third kappa shape index (κ3) is 3.70. The Bertz CT molecular complexity index is 406. The molecule has 3 heteroatoms. The molecule has 112 valence electrons. The first kappa shape index (κ1) is 15.7. The Kier molecular flexibility index (Phi) is 6.24. The van der Waals surface area contributed by atoms with E-state index in [9.17, 15) is 0 Å². The van der Waals surface area contributed by atoms with Gasteiger partial charge in [0.25, 0.3) is 0 Å². The van der Waals surface area contributed by atoms with Crippen molar-refractivity contribution in [1.29, 1.82) is 0 Å². The maximum absolute atomic E-state index is 6.29. The summed E-state index contributed by atoms with van der Waals surface area (Å²) in [6.07, 6.45) is 3.88. The van der Waals surface area contributed by atoms with Crippen LogP contribution in [0.5, 0.6) is 5.75 Å². The summed E-state index contributed by atoms with van der Waals surface area (Å²) in [4.78, 5) is 1.28. The molecule has 0 spiro atoms. The van der Waals surface area contributed by atoms with E-state index in [0.717, 1.165) is 18.0 Å². The summed E-state index contributed by atoms with van der Waals surface area (Å²) in [5, 5.41) is 3.73. The zero-order chi connectivity index (χ0) is 14.4. The molecule has 0 radical (unpaired) electrons. The van der Waals surface area contributed by atoms with Gasteiger partial charge in [0.05, 0.1) is 0 Å². The molecule has 1 aliphatic rings. The Morgan fingerprint density at radius 2 is 2.00 bits per heavy atom. The fraction of sp³-hybridized carbons (Fsp3) is 0.647. The Labute approximate surface area is 127 Å². The number of rotatable bonds is 7. The van der Waals surface area contributed by atoms with Crippen LogP contribution < -0.4 is 10.1 Å². The van der Waals surface area contributed by atoms with Crippen molar-refractivity contribution in [1.82, 2.24) is 5.32 Å². The van der Waals surface area contributed by atoms with Crippen LogP contribution in [0.1, 0.15) is 40.0 Å². The molecule has 1 aromatic rings. The van der Waals surface area contributed by atoms with Crippen molar-refractivity contribution in [3.8, 4) is 5.75 Å². The molecular formula is C17H27NOS. The van der Waals surface area contributed by atoms with Crippen LogP contribution >= 0.6 is 11.8 Å². The van der Waals surface area contributed by atoms with Crippen molar-refractivity contribution < 1.29 is 4.74 Å². The summed E-state index contributed by atoms with van der Waals surface area (Å²) in [5.41, 5.74) is 0. The van der Waals surface area contributed by atoms with Gasteiger partial charge in [-0.3, -0.25) is 0 Å². The molecule has 1 heterocycles. The number of para-hydroxylation sites is 1. The van der Waals surface area contributed by atoms with Crippen LogP contribution in [0.15, 0.2) is 29.2 Å². The monoisotopic (exact) mass is 293 g/mol. The molecule has 2 atom stereocenters. The molecule has 0 saturated heterocycles. The van der Waals surface area contributed by atoms with Crippen LogP contribution in [0.25, 0.3) is 0 Å². The standard InChI is InChI=1S/C17H27NOS/c1-4-11-18-17(13(5-2)6-3)15-12-20-16-10-8-7-9-14(16)19-15/h7-10,13,15,17-18H,4-6,11-12H2,1-3H3. The molecule has 0 fully saturated rings. The predicted octanol–water partition coefficient (Wildman–Crippen LogP) is 4.34. The van der Waals surface area contributed by atoms with Gasteiger partial charge in [-0.25, -0.2) is 0 Å². The van der Waals surface area contributed by atoms with Crippen LogP contribution in [0.2, 0.25) is 0 Å². The van der Waals surface area contributed by atoms with E-state index in [2.05, 4.69) is 50.4 Å². The quantitative estimate of drug-likeness (QED) is 0.808. The van der Waals surface area contributed by atoms with Gasteiger partial charge in [0, 0.05) is 16.7 Å². The number of hydrogen-bond acceptors (Lipinski definition) is 3. The largest absolute Gasteiger partial charge is 0.487 e. The average Bonchev–Trinajstić information content (AvgIpc) is 2.51. The van der Waals surface area contributed by atoms with Crippen molar-refractivity contribution >= 4 is 11.8 Å². The summed E-state index contributed by atoms with van der Waals surface area (Å²) < 4.78 is 6.29. The summed E-state index contributed by atoms with van der Waals surface area (Å²) >= 11 is 1.93. The summed E-state index contributed by atoms with van der Waals surface area (Å²) in [6.45, 7) is 7.88. The molecular weight excluding hydrogens is 266 g/mol. The third-order valence-corrected chi connectivity index (χ3v) is 5.26. The fourth-order valence-electron chi connectivity index (χ4n) is 2.92. The predicted molar refractivity (Wildman–Crippen MR) is 87.7 cm³/mol. The molecule has 0 bridgehead atoms. The zero-order valence-electron chi connectivity index (χ0n) is 12.9. The van der Waals surface area contributed by atoms with Crippen molar-refractivity contribution in [2.75, 3.05) is 12.3 Å². The highest BCUT2D eigenvalue weighted by Gasteiger charge is 2.31. The number of fused-ring (bicyclic) bond motifs is 1. The maximum Gasteiger partial charge on any atom is 0.133 e. The SMILES string of the molecule is CCCNC(C(CC)CC)C1CSc2ccccc2O1. The second-order valence-electron chi connectivity index (χ2n) is 5.47. The van der Waals surface area contributed by atoms with Crippen LogP contribution in [-0.4, -0.2) is 24.4 Å². The highest BCUT2D eigenvalue weighted by atomic mass is 32.2. The summed E-state index contributed by atoms with van der Waals surface area (Å²) in [7, 11) is 0. The van der Waals surface area contributed by atoms with E-state index in [-0.39, 0.29) is 6.10 Å². The number of benzene rings is 1. The highest BCUT2D eigenvalue weighted by Crippen LogP contribution is 2.37. The third-order valence-electron chi connectivity index (χ3n) is 4.12. The van der Waals surface area contributed by atoms with Crippen molar-refractivity contribution in [2.45, 2.75) is 57.1 Å². The van der Waals surface area contributed by atoms with Gasteiger partial charge >= 0.3 is 0 Å². The van der Waals surface area contributed by atoms with Crippen LogP contribution in [0.3, 0.4) is 0 Å². The lowest BCUT2D eigenvalue weighted by molar-refractivity contribution is 0.127. The Morgan fingerprint density at radius 1 is 1.25 bits per heavy atom. The van der Waals surface area contributed by atoms with Crippen LogP contribution in [0.4, 0.5) is 0 Å². The first-order valence-electron chi connectivity index (χ1n) is 7.91. The van der Waals surface area contributed by atoms with Crippen molar-refractivity contribution in [2.24, 2.45) is 5.92 Å². The van der Waals surface area contributed by atoms with E-state index in [4.69, 9.17) is 4.74 Å². The number of ether oxygens (including phenoxy) is 1. The maximum atomic E-state index is 6.29. The zero-order valence-corrected chi connectivity index (χ0v) is 13.7. The van der Waals surface area contributed by atoms with E-state index in [1.165, 1.54) is 24.2 Å². The van der Waals surface area contributed by atoms with Gasteiger partial charge in [-0.05, 0) is 31.0 Å². The molecule has 1 N–H and O–H groups in total. The van der Waals surface area contributed by atoms with Gasteiger partial charge in [-0.2, -0.15) is 0 Å². The van der Waals surface area contributed by atoms with E-state index in [0.29, 0.717) is 12.0 Å². The van der Waals surface area contributed by atoms with Gasteiger partial charge in [0.1, 0.15) is 11.9 Å². The highest BCUT2D eigenvalue weighted by molar-refractivity contribution is 7.99. The van der Waals surface area contributed by atoms with Gasteiger partial charge in [-0.15, -0.1) is 11.8 Å². The summed E-state index contributed by atoms with van der Waals surface area (Å²) in [6, 6.07) is 8.86. The van der Waals surface area contributed by atoms with E-state index in [1.54, 1.807) is 0 Å². The minimum absolute atomic E-state index is 0.284. The molecule has 2 rings (SSSR count). The smallest absolute Gasteiger partial charge is 0.133 e. The van der Waals surface area contributed by atoms with Gasteiger partial charge in [-0.1, -0.05) is 45.7 Å². The molecule has 0 aliphatic carbocycles. The van der Waals surface area contributed by atoms with Gasteiger partial charge < -0.3 is 10.1 Å². The molecule has 0 aromatic heterocycles. The lowest BCUT2D eigenvalue weighted by atomic mass is 9.90. The lowest BCUT2D eigenvalue weighted by Crippen LogP contribution is -2.50. The van der Waals surface area contributed by atoms with E-state index >= 15 is 0 Å². The minimum atomic E-state index is 0.284. The minimum Gasteiger partial charge on any atom is -0.487 e. The van der Waals surface area contributed by atoms with Crippen molar-refractivity contribution in [3.05, 3.63) is 24.3 Å². The number of thioether (sulfide) groups is 1. The molecule has 1 aromatic carbocycles. The van der Waals surface area contributed by atoms with Gasteiger partial charge in [0.15, 0.2) is 0 Å². The normalized spacial score (nSPS) is 19.5. The van der Waals surface area contributed by atoms with Gasteiger partial charge in [0.2, 0.25) is 0 Å². The molecule has 20 heavy (non-hydrogen) atoms. The topological polar surface area (TPSA) is 21.3 Å². The number of hydrogen-bond donors (Lipinski definition) is 1. The molecule has 2 nitrogen and oxygen atoms in total.